The highest BCUT2D eigenvalue weighted by Crippen LogP contribution is 2.15. The summed E-state index contributed by atoms with van der Waals surface area (Å²) in [7, 11) is 0. The minimum absolute atomic E-state index is 0.345. The summed E-state index contributed by atoms with van der Waals surface area (Å²) in [5, 5.41) is 25.9. The highest BCUT2D eigenvalue weighted by atomic mass is 16.4. The third-order valence-electron chi connectivity index (χ3n) is 8.06. The maximum atomic E-state index is 10.3. The van der Waals surface area contributed by atoms with Gasteiger partial charge in [0.05, 0.1) is 0 Å². The van der Waals surface area contributed by atoms with E-state index in [9.17, 15) is 4.79 Å². The molecule has 0 aliphatic rings. The molecule has 0 aliphatic heterocycles. The third-order valence-corrected chi connectivity index (χ3v) is 8.06. The number of aliphatic hydroxyl groups excluding tert-OH is 2. The van der Waals surface area contributed by atoms with Crippen LogP contribution < -0.4 is 0 Å². The number of hydrogen-bond donors (Lipinski definition) is 3. The Balaban J connectivity index is 0. The monoisotopic (exact) mass is 571 g/mol. The fourth-order valence-electron chi connectivity index (χ4n) is 5.35. The minimum Gasteiger partial charge on any atom is -0.481 e. The van der Waals surface area contributed by atoms with Crippen molar-refractivity contribution in [2.45, 2.75) is 212 Å². The van der Waals surface area contributed by atoms with Gasteiger partial charge in [-0.15, -0.1) is 0 Å². The highest BCUT2D eigenvalue weighted by Gasteiger charge is 1.97. The average Bonchev–Trinajstić information content (AvgIpc) is 2.95. The molecule has 40 heavy (non-hydrogen) atoms. The molecule has 0 unspecified atom stereocenters. The number of rotatable bonds is 33. The van der Waals surface area contributed by atoms with Crippen LogP contribution in [0.2, 0.25) is 0 Å². The van der Waals surface area contributed by atoms with Gasteiger partial charge in [0.2, 0.25) is 0 Å². The van der Waals surface area contributed by atoms with Crippen molar-refractivity contribution in [3.8, 4) is 0 Å². The van der Waals surface area contributed by atoms with Crippen LogP contribution in [0.1, 0.15) is 212 Å². The first-order chi connectivity index (χ1) is 19.7. The number of aliphatic hydroxyl groups is 2. The van der Waals surface area contributed by atoms with Crippen molar-refractivity contribution in [2.24, 2.45) is 0 Å². The van der Waals surface area contributed by atoms with E-state index in [2.05, 4.69) is 6.92 Å². The van der Waals surface area contributed by atoms with Gasteiger partial charge in [-0.25, -0.2) is 0 Å². The predicted molar refractivity (Wildman–Crippen MR) is 175 cm³/mol. The summed E-state index contributed by atoms with van der Waals surface area (Å²) >= 11 is 0. The normalized spacial score (nSPS) is 11.0. The van der Waals surface area contributed by atoms with E-state index in [4.69, 9.17) is 15.3 Å². The van der Waals surface area contributed by atoms with Crippen molar-refractivity contribution < 1.29 is 20.1 Å². The van der Waals surface area contributed by atoms with Gasteiger partial charge in [0.15, 0.2) is 0 Å². The van der Waals surface area contributed by atoms with Crippen molar-refractivity contribution in [2.75, 3.05) is 13.2 Å². The van der Waals surface area contributed by atoms with Gasteiger partial charge in [-0.1, -0.05) is 187 Å². The molecule has 242 valence electrons. The van der Waals surface area contributed by atoms with E-state index < -0.39 is 5.97 Å². The van der Waals surface area contributed by atoms with Crippen molar-refractivity contribution >= 4 is 5.97 Å². The molecular weight excluding hydrogens is 496 g/mol. The summed E-state index contributed by atoms with van der Waals surface area (Å²) in [6, 6.07) is 0. The Hall–Kier alpha value is -0.610. The second kappa shape index (κ2) is 40.5. The van der Waals surface area contributed by atoms with Crippen LogP contribution in [-0.4, -0.2) is 34.5 Å². The predicted octanol–water partition coefficient (Wildman–Crippen LogP) is 11.5. The Morgan fingerprint density at radius 3 is 0.750 bits per heavy atom. The van der Waals surface area contributed by atoms with Gasteiger partial charge in [-0.3, -0.25) is 4.79 Å². The number of aliphatic carboxylic acids is 1. The maximum absolute atomic E-state index is 10.3. The molecule has 0 saturated carbocycles. The van der Waals surface area contributed by atoms with Crippen LogP contribution in [0.15, 0.2) is 0 Å². The molecule has 0 rings (SSSR count). The van der Waals surface area contributed by atoms with Crippen LogP contribution >= 0.6 is 0 Å². The largest absolute Gasteiger partial charge is 0.481 e. The van der Waals surface area contributed by atoms with Gasteiger partial charge in [-0.2, -0.15) is 0 Å². The molecule has 0 amide bonds. The smallest absolute Gasteiger partial charge is 0.303 e. The first-order valence-electron chi connectivity index (χ1n) is 18.1. The lowest BCUT2D eigenvalue weighted by atomic mass is 10.0. The zero-order valence-corrected chi connectivity index (χ0v) is 27.3. The number of carboxylic acid groups (broad SMARTS) is 1. The minimum atomic E-state index is -0.653. The topological polar surface area (TPSA) is 77.8 Å². The van der Waals surface area contributed by atoms with Crippen LogP contribution in [0, 0.1) is 0 Å². The second-order valence-electron chi connectivity index (χ2n) is 12.2. The molecular formula is C36H74O4. The summed E-state index contributed by atoms with van der Waals surface area (Å²) in [5.41, 5.74) is 0. The molecule has 4 heteroatoms. The van der Waals surface area contributed by atoms with Gasteiger partial charge in [0.25, 0.3) is 0 Å². The van der Waals surface area contributed by atoms with Gasteiger partial charge in [0, 0.05) is 19.6 Å². The Bertz CT molecular complexity index is 423. The van der Waals surface area contributed by atoms with Gasteiger partial charge in [0.1, 0.15) is 0 Å². The lowest BCUT2D eigenvalue weighted by Gasteiger charge is -2.03. The van der Waals surface area contributed by atoms with Crippen molar-refractivity contribution in [1.82, 2.24) is 0 Å². The molecule has 0 atom stereocenters. The number of hydrogen-bond acceptors (Lipinski definition) is 3. The zero-order chi connectivity index (χ0) is 29.6. The molecule has 0 bridgehead atoms. The molecule has 0 spiro atoms. The third kappa shape index (κ3) is 44.4. The molecule has 0 aliphatic carbocycles. The SMILES string of the molecule is CCCCCCCCCCCCCCCCCC(=O)O.OCCCCCCCCCCCCCCCCCCO. The van der Waals surface area contributed by atoms with E-state index in [1.165, 1.54) is 173 Å². The lowest BCUT2D eigenvalue weighted by Crippen LogP contribution is -1.93. The molecule has 0 aromatic heterocycles. The molecule has 0 fully saturated rings. The molecule has 0 heterocycles. The lowest BCUT2D eigenvalue weighted by molar-refractivity contribution is -0.137. The van der Waals surface area contributed by atoms with Gasteiger partial charge in [-0.05, 0) is 19.3 Å². The summed E-state index contributed by atoms with van der Waals surface area (Å²) in [5.74, 6) is -0.653. The molecule has 4 nitrogen and oxygen atoms in total. The van der Waals surface area contributed by atoms with E-state index in [1.807, 2.05) is 0 Å². The number of unbranched alkanes of at least 4 members (excludes halogenated alkanes) is 29. The van der Waals surface area contributed by atoms with E-state index in [0.29, 0.717) is 19.6 Å². The summed E-state index contributed by atoms with van der Waals surface area (Å²) in [4.78, 5) is 10.3. The molecule has 3 N–H and O–H groups in total. The average molecular weight is 571 g/mol. The van der Waals surface area contributed by atoms with Crippen molar-refractivity contribution in [1.29, 1.82) is 0 Å². The molecule has 0 saturated heterocycles. The summed E-state index contributed by atoms with van der Waals surface area (Å²) in [6.07, 6.45) is 41.1. The van der Waals surface area contributed by atoms with Crippen LogP contribution in [0.25, 0.3) is 0 Å². The van der Waals surface area contributed by atoms with E-state index in [1.54, 1.807) is 0 Å². The van der Waals surface area contributed by atoms with Gasteiger partial charge < -0.3 is 15.3 Å². The first kappa shape index (κ1) is 41.5. The molecule has 0 aromatic carbocycles. The Morgan fingerprint density at radius 2 is 0.550 bits per heavy atom. The molecule has 0 aromatic rings. The van der Waals surface area contributed by atoms with E-state index in [-0.39, 0.29) is 0 Å². The van der Waals surface area contributed by atoms with Crippen LogP contribution in [-0.2, 0) is 4.79 Å². The fourth-order valence-corrected chi connectivity index (χ4v) is 5.35. The maximum Gasteiger partial charge on any atom is 0.303 e. The van der Waals surface area contributed by atoms with E-state index >= 15 is 0 Å². The van der Waals surface area contributed by atoms with Crippen LogP contribution in [0.4, 0.5) is 0 Å². The Kier molecular flexibility index (Phi) is 42.1. The second-order valence-corrected chi connectivity index (χ2v) is 12.2. The summed E-state index contributed by atoms with van der Waals surface area (Å²) < 4.78 is 0. The van der Waals surface area contributed by atoms with Crippen molar-refractivity contribution in [3.63, 3.8) is 0 Å². The number of carboxylic acids is 1. The fraction of sp³-hybridized carbons (Fsp3) is 0.972. The quantitative estimate of drug-likeness (QED) is 0.0686. The standard InChI is InChI=1S/C18H36O2.C18H38O2/c1-2-3-4-5-6-7-8-9-10-11-12-13-14-15-16-17-18(19)20;19-17-15-13-11-9-7-5-3-1-2-4-6-8-10-12-14-16-18-20/h2-17H2,1H3,(H,19,20);19-20H,1-18H2. The summed E-state index contributed by atoms with van der Waals surface area (Å²) in [6.45, 7) is 3.00. The van der Waals surface area contributed by atoms with Crippen LogP contribution in [0.5, 0.6) is 0 Å². The van der Waals surface area contributed by atoms with Crippen molar-refractivity contribution in [3.05, 3.63) is 0 Å². The molecule has 0 radical (unpaired) electrons. The Labute approximate surface area is 251 Å². The first-order valence-corrected chi connectivity index (χ1v) is 18.1. The van der Waals surface area contributed by atoms with Gasteiger partial charge >= 0.3 is 5.97 Å². The number of carbonyl (C=O) groups is 1. The van der Waals surface area contributed by atoms with Crippen LogP contribution in [0.3, 0.4) is 0 Å². The van der Waals surface area contributed by atoms with E-state index in [0.717, 1.165) is 25.7 Å². The zero-order valence-electron chi connectivity index (χ0n) is 27.3. The highest BCUT2D eigenvalue weighted by molar-refractivity contribution is 5.66. The Morgan fingerprint density at radius 1 is 0.350 bits per heavy atom.